The molecule has 84 valence electrons. The second kappa shape index (κ2) is 4.99. The van der Waals surface area contributed by atoms with Crippen LogP contribution in [0, 0.1) is 0 Å². The molecule has 1 aromatic heterocycles. The van der Waals surface area contributed by atoms with Crippen LogP contribution in [-0.4, -0.2) is 20.0 Å². The Labute approximate surface area is 94.6 Å². The lowest BCUT2D eigenvalue weighted by Crippen LogP contribution is -2.10. The highest BCUT2D eigenvalue weighted by Gasteiger charge is 2.18. The number of rotatable bonds is 3. The van der Waals surface area contributed by atoms with Crippen LogP contribution in [0.3, 0.4) is 0 Å². The van der Waals surface area contributed by atoms with Gasteiger partial charge in [0.25, 0.3) is 0 Å². The first-order valence-electron chi connectivity index (χ1n) is 5.56. The molecule has 5 heteroatoms. The summed E-state index contributed by atoms with van der Waals surface area (Å²) in [5.74, 6) is 0.869. The Morgan fingerprint density at radius 2 is 2.07 bits per heavy atom. The highest BCUT2D eigenvalue weighted by atomic mass is 32.2. The standard InChI is InChI=1S/C10H18N4S/c1-14-9(7-11)12-13-10(14)15-8-5-3-2-4-6-8/h8H,2-7,11H2,1H3. The minimum absolute atomic E-state index is 0.467. The molecule has 0 saturated heterocycles. The average Bonchev–Trinajstić information content (AvgIpc) is 2.62. The van der Waals surface area contributed by atoms with Crippen LogP contribution < -0.4 is 5.73 Å². The fraction of sp³-hybridized carbons (Fsp3) is 0.800. The van der Waals surface area contributed by atoms with Crippen molar-refractivity contribution in [3.05, 3.63) is 5.82 Å². The summed E-state index contributed by atoms with van der Waals surface area (Å²) in [6.07, 6.45) is 6.74. The first-order valence-corrected chi connectivity index (χ1v) is 6.44. The van der Waals surface area contributed by atoms with Gasteiger partial charge >= 0.3 is 0 Å². The smallest absolute Gasteiger partial charge is 0.191 e. The molecule has 0 amide bonds. The van der Waals surface area contributed by atoms with E-state index in [1.54, 1.807) is 0 Å². The fourth-order valence-corrected chi connectivity index (χ4v) is 3.18. The van der Waals surface area contributed by atoms with Crippen molar-refractivity contribution >= 4 is 11.8 Å². The first kappa shape index (κ1) is 11.0. The molecule has 0 atom stereocenters. The molecule has 0 aliphatic heterocycles. The van der Waals surface area contributed by atoms with E-state index in [2.05, 4.69) is 10.2 Å². The Hall–Kier alpha value is -0.550. The third kappa shape index (κ3) is 2.52. The summed E-state index contributed by atoms with van der Waals surface area (Å²) >= 11 is 1.86. The summed E-state index contributed by atoms with van der Waals surface area (Å²) in [4.78, 5) is 0. The number of aromatic nitrogens is 3. The summed E-state index contributed by atoms with van der Waals surface area (Å²) in [7, 11) is 1.99. The number of hydrogen-bond donors (Lipinski definition) is 1. The third-order valence-electron chi connectivity index (χ3n) is 2.93. The van der Waals surface area contributed by atoms with Crippen LogP contribution in [0.4, 0.5) is 0 Å². The van der Waals surface area contributed by atoms with E-state index in [0.29, 0.717) is 6.54 Å². The Morgan fingerprint density at radius 3 is 2.67 bits per heavy atom. The van der Waals surface area contributed by atoms with Gasteiger partial charge in [-0.2, -0.15) is 0 Å². The first-order chi connectivity index (χ1) is 7.31. The van der Waals surface area contributed by atoms with Gasteiger partial charge in [0, 0.05) is 12.3 Å². The van der Waals surface area contributed by atoms with Gasteiger partial charge in [0.05, 0.1) is 6.54 Å². The molecule has 1 fully saturated rings. The number of nitrogens with zero attached hydrogens (tertiary/aromatic N) is 3. The zero-order valence-electron chi connectivity index (χ0n) is 9.15. The van der Waals surface area contributed by atoms with Gasteiger partial charge in [-0.3, -0.25) is 0 Å². The molecular weight excluding hydrogens is 208 g/mol. The summed E-state index contributed by atoms with van der Waals surface area (Å²) in [5.41, 5.74) is 5.56. The van der Waals surface area contributed by atoms with E-state index in [1.165, 1.54) is 32.1 Å². The average molecular weight is 226 g/mol. The summed E-state index contributed by atoms with van der Waals surface area (Å²) in [6.45, 7) is 0.467. The van der Waals surface area contributed by atoms with Gasteiger partial charge in [0.15, 0.2) is 5.16 Å². The summed E-state index contributed by atoms with van der Waals surface area (Å²) in [6, 6.07) is 0. The minimum Gasteiger partial charge on any atom is -0.324 e. The zero-order valence-corrected chi connectivity index (χ0v) is 9.96. The van der Waals surface area contributed by atoms with Crippen LogP contribution in [0.5, 0.6) is 0 Å². The summed E-state index contributed by atoms with van der Waals surface area (Å²) in [5, 5.41) is 9.99. The molecule has 0 spiro atoms. The molecule has 2 N–H and O–H groups in total. The number of thioether (sulfide) groups is 1. The minimum atomic E-state index is 0.467. The maximum atomic E-state index is 5.56. The van der Waals surface area contributed by atoms with E-state index >= 15 is 0 Å². The lowest BCUT2D eigenvalue weighted by Gasteiger charge is -2.20. The van der Waals surface area contributed by atoms with Gasteiger partial charge in [-0.1, -0.05) is 31.0 Å². The van der Waals surface area contributed by atoms with Crippen molar-refractivity contribution in [3.63, 3.8) is 0 Å². The van der Waals surface area contributed by atoms with Gasteiger partial charge in [-0.25, -0.2) is 0 Å². The van der Waals surface area contributed by atoms with Gasteiger partial charge in [-0.15, -0.1) is 10.2 Å². The largest absolute Gasteiger partial charge is 0.324 e. The van der Waals surface area contributed by atoms with E-state index < -0.39 is 0 Å². The Morgan fingerprint density at radius 1 is 1.33 bits per heavy atom. The molecule has 4 nitrogen and oxygen atoms in total. The Balaban J connectivity index is 2.00. The molecule has 0 unspecified atom stereocenters. The second-order valence-corrected chi connectivity index (χ2v) is 5.31. The molecule has 0 bridgehead atoms. The van der Waals surface area contributed by atoms with Crippen molar-refractivity contribution in [2.75, 3.05) is 0 Å². The van der Waals surface area contributed by atoms with E-state index in [9.17, 15) is 0 Å². The molecule has 0 radical (unpaired) electrons. The van der Waals surface area contributed by atoms with Crippen LogP contribution in [0.15, 0.2) is 5.16 Å². The predicted molar refractivity (Wildman–Crippen MR) is 61.6 cm³/mol. The maximum Gasteiger partial charge on any atom is 0.191 e. The molecular formula is C10H18N4S. The molecule has 2 rings (SSSR count). The van der Waals surface area contributed by atoms with Crippen LogP contribution >= 0.6 is 11.8 Å². The van der Waals surface area contributed by atoms with Crippen molar-refractivity contribution in [3.8, 4) is 0 Å². The van der Waals surface area contributed by atoms with E-state index in [-0.39, 0.29) is 0 Å². The topological polar surface area (TPSA) is 56.7 Å². The van der Waals surface area contributed by atoms with Gasteiger partial charge < -0.3 is 10.3 Å². The lowest BCUT2D eigenvalue weighted by atomic mass is 10.0. The highest BCUT2D eigenvalue weighted by molar-refractivity contribution is 7.99. The number of hydrogen-bond acceptors (Lipinski definition) is 4. The van der Waals surface area contributed by atoms with Crippen LogP contribution in [-0.2, 0) is 13.6 Å². The Kier molecular flexibility index (Phi) is 3.64. The normalized spacial score (nSPS) is 18.3. The molecule has 1 aliphatic carbocycles. The van der Waals surface area contributed by atoms with Gasteiger partial charge in [-0.05, 0) is 12.8 Å². The van der Waals surface area contributed by atoms with Crippen LogP contribution in [0.2, 0.25) is 0 Å². The van der Waals surface area contributed by atoms with E-state index in [4.69, 9.17) is 5.73 Å². The quantitative estimate of drug-likeness (QED) is 0.852. The fourth-order valence-electron chi connectivity index (χ4n) is 1.96. The highest BCUT2D eigenvalue weighted by Crippen LogP contribution is 2.32. The van der Waals surface area contributed by atoms with Crippen molar-refractivity contribution in [1.29, 1.82) is 0 Å². The molecule has 1 heterocycles. The third-order valence-corrected chi connectivity index (χ3v) is 4.30. The SMILES string of the molecule is Cn1c(CN)nnc1SC1CCCCC1. The maximum absolute atomic E-state index is 5.56. The van der Waals surface area contributed by atoms with Crippen molar-refractivity contribution in [2.45, 2.75) is 49.1 Å². The lowest BCUT2D eigenvalue weighted by molar-refractivity contribution is 0.514. The van der Waals surface area contributed by atoms with E-state index in [1.807, 2.05) is 23.4 Å². The number of nitrogens with two attached hydrogens (primary N) is 1. The predicted octanol–water partition coefficient (Wildman–Crippen LogP) is 1.70. The van der Waals surface area contributed by atoms with E-state index in [0.717, 1.165) is 16.2 Å². The van der Waals surface area contributed by atoms with Gasteiger partial charge in [0.1, 0.15) is 5.82 Å². The molecule has 0 aromatic carbocycles. The zero-order chi connectivity index (χ0) is 10.7. The molecule has 1 aliphatic rings. The monoisotopic (exact) mass is 226 g/mol. The molecule has 15 heavy (non-hydrogen) atoms. The molecule has 1 saturated carbocycles. The van der Waals surface area contributed by atoms with Crippen molar-refractivity contribution in [1.82, 2.24) is 14.8 Å². The van der Waals surface area contributed by atoms with Crippen LogP contribution in [0.1, 0.15) is 37.9 Å². The molecule has 1 aromatic rings. The van der Waals surface area contributed by atoms with Gasteiger partial charge in [0.2, 0.25) is 0 Å². The summed E-state index contributed by atoms with van der Waals surface area (Å²) < 4.78 is 2.01. The second-order valence-electron chi connectivity index (χ2n) is 4.04. The Bertz CT molecular complexity index is 317. The van der Waals surface area contributed by atoms with Crippen molar-refractivity contribution < 1.29 is 0 Å². The van der Waals surface area contributed by atoms with Crippen molar-refractivity contribution in [2.24, 2.45) is 12.8 Å². The van der Waals surface area contributed by atoms with Crippen LogP contribution in [0.25, 0.3) is 0 Å².